The molecule has 0 aromatic rings. The van der Waals surface area contributed by atoms with Crippen LogP contribution >= 0.6 is 0 Å². The number of hydrazine groups is 1. The molecule has 2 amide bonds. The standard InChI is InChI=1S/C25H42N4O2/c1-17-21-9-8-20(16-22(21)27(3)26-17)18-4-6-19(7-5-18)23(30)28-12-14-29(15-13-28)24(31)25(2)10-11-25/h17-22,26H,4-16H2,1-3H3. The molecule has 0 radical (unpaired) electrons. The van der Waals surface area contributed by atoms with Crippen molar-refractivity contribution < 1.29 is 9.59 Å². The van der Waals surface area contributed by atoms with Crippen LogP contribution < -0.4 is 5.43 Å². The van der Waals surface area contributed by atoms with E-state index in [0.29, 0.717) is 23.9 Å². The zero-order chi connectivity index (χ0) is 21.8. The van der Waals surface area contributed by atoms with Gasteiger partial charge in [0.2, 0.25) is 11.8 Å². The molecular formula is C25H42N4O2. The number of carbonyl (C=O) groups excluding carboxylic acids is 2. The molecule has 4 atom stereocenters. The molecule has 2 heterocycles. The summed E-state index contributed by atoms with van der Waals surface area (Å²) in [6, 6.07) is 1.32. The molecule has 3 saturated carbocycles. The van der Waals surface area contributed by atoms with Gasteiger partial charge >= 0.3 is 0 Å². The van der Waals surface area contributed by atoms with E-state index < -0.39 is 0 Å². The third-order valence-corrected chi connectivity index (χ3v) is 9.64. The third-order valence-electron chi connectivity index (χ3n) is 9.64. The third kappa shape index (κ3) is 4.15. The van der Waals surface area contributed by atoms with E-state index in [0.717, 1.165) is 69.6 Å². The van der Waals surface area contributed by atoms with Crippen molar-refractivity contribution in [3.8, 4) is 0 Å². The largest absolute Gasteiger partial charge is 0.339 e. The number of hydrogen-bond donors (Lipinski definition) is 1. The van der Waals surface area contributed by atoms with Gasteiger partial charge in [-0.3, -0.25) is 15.0 Å². The van der Waals surface area contributed by atoms with Gasteiger partial charge in [-0.25, -0.2) is 5.01 Å². The summed E-state index contributed by atoms with van der Waals surface area (Å²) >= 11 is 0. The smallest absolute Gasteiger partial charge is 0.228 e. The highest BCUT2D eigenvalue weighted by Crippen LogP contribution is 2.47. The van der Waals surface area contributed by atoms with E-state index in [9.17, 15) is 9.59 Å². The Kier molecular flexibility index (Phi) is 5.83. The van der Waals surface area contributed by atoms with Crippen LogP contribution in [0, 0.1) is 29.1 Å². The lowest BCUT2D eigenvalue weighted by molar-refractivity contribution is -0.145. The van der Waals surface area contributed by atoms with Gasteiger partial charge in [0.25, 0.3) is 0 Å². The van der Waals surface area contributed by atoms with Crippen molar-refractivity contribution in [2.24, 2.45) is 29.1 Å². The maximum absolute atomic E-state index is 13.2. The minimum absolute atomic E-state index is 0.0922. The lowest BCUT2D eigenvalue weighted by Gasteiger charge is -2.42. The molecular weight excluding hydrogens is 388 g/mol. The summed E-state index contributed by atoms with van der Waals surface area (Å²) in [7, 11) is 2.22. The lowest BCUT2D eigenvalue weighted by Crippen LogP contribution is -2.53. The van der Waals surface area contributed by atoms with Crippen LogP contribution in [0.25, 0.3) is 0 Å². The van der Waals surface area contributed by atoms with E-state index in [2.05, 4.69) is 36.2 Å². The fourth-order valence-corrected chi connectivity index (χ4v) is 7.18. The Morgan fingerprint density at radius 1 is 0.871 bits per heavy atom. The number of piperazine rings is 1. The molecule has 0 spiro atoms. The Labute approximate surface area is 188 Å². The van der Waals surface area contributed by atoms with Crippen LogP contribution in [0.3, 0.4) is 0 Å². The second-order valence-electron chi connectivity index (χ2n) is 11.6. The number of nitrogens with zero attached hydrogens (tertiary/aromatic N) is 3. The first-order chi connectivity index (χ1) is 14.9. The topological polar surface area (TPSA) is 55.9 Å². The van der Waals surface area contributed by atoms with Gasteiger partial charge in [-0.2, -0.15) is 0 Å². The minimum Gasteiger partial charge on any atom is -0.339 e. The van der Waals surface area contributed by atoms with Gasteiger partial charge in [0.05, 0.1) is 0 Å². The number of carbonyl (C=O) groups is 2. The molecule has 6 nitrogen and oxygen atoms in total. The van der Waals surface area contributed by atoms with Crippen LogP contribution in [0.5, 0.6) is 0 Å². The van der Waals surface area contributed by atoms with Crippen LogP contribution in [0.1, 0.15) is 71.6 Å². The van der Waals surface area contributed by atoms with Gasteiger partial charge < -0.3 is 9.80 Å². The van der Waals surface area contributed by atoms with E-state index in [1.807, 2.05) is 4.90 Å². The van der Waals surface area contributed by atoms with Crippen LogP contribution in [-0.4, -0.2) is 71.9 Å². The molecule has 6 heteroatoms. The van der Waals surface area contributed by atoms with E-state index in [4.69, 9.17) is 0 Å². The first-order valence-electron chi connectivity index (χ1n) is 12.9. The van der Waals surface area contributed by atoms with Crippen LogP contribution in [0.2, 0.25) is 0 Å². The Balaban J connectivity index is 1.08. The van der Waals surface area contributed by atoms with Crippen molar-refractivity contribution in [2.75, 3.05) is 33.2 Å². The SMILES string of the molecule is CC1NN(C)C2CC(C3CCC(C(=O)N4CCN(C(=O)C5(C)CC5)CC4)CC3)CCC12. The van der Waals surface area contributed by atoms with E-state index in [-0.39, 0.29) is 11.3 Å². The molecule has 1 N–H and O–H groups in total. The van der Waals surface area contributed by atoms with Crippen LogP contribution in [-0.2, 0) is 9.59 Å². The molecule has 5 fully saturated rings. The number of fused-ring (bicyclic) bond motifs is 1. The monoisotopic (exact) mass is 430 g/mol. The number of amides is 2. The zero-order valence-corrected chi connectivity index (χ0v) is 19.8. The molecule has 5 aliphatic rings. The Morgan fingerprint density at radius 2 is 1.48 bits per heavy atom. The van der Waals surface area contributed by atoms with Gasteiger partial charge in [-0.15, -0.1) is 0 Å². The molecule has 0 aromatic heterocycles. The number of nitrogens with one attached hydrogen (secondary N) is 1. The summed E-state index contributed by atoms with van der Waals surface area (Å²) in [6.45, 7) is 7.31. The van der Waals surface area contributed by atoms with Gasteiger partial charge in [-0.1, -0.05) is 6.92 Å². The molecule has 0 bridgehead atoms. The van der Waals surface area contributed by atoms with Gasteiger partial charge in [-0.05, 0) is 82.5 Å². The highest BCUT2D eigenvalue weighted by Gasteiger charge is 2.48. The summed E-state index contributed by atoms with van der Waals surface area (Å²) in [6.07, 6.45) is 10.7. The Bertz CT molecular complexity index is 692. The fourth-order valence-electron chi connectivity index (χ4n) is 7.18. The van der Waals surface area contributed by atoms with E-state index in [1.54, 1.807) is 0 Å². The van der Waals surface area contributed by atoms with Crippen LogP contribution in [0.4, 0.5) is 0 Å². The summed E-state index contributed by atoms with van der Waals surface area (Å²) in [5, 5.41) is 2.38. The molecule has 3 aliphatic carbocycles. The molecule has 2 aliphatic heterocycles. The predicted octanol–water partition coefficient (Wildman–Crippen LogP) is 2.89. The minimum atomic E-state index is -0.0922. The lowest BCUT2D eigenvalue weighted by atomic mass is 9.67. The molecule has 2 saturated heterocycles. The molecule has 0 aromatic carbocycles. The van der Waals surface area contributed by atoms with Gasteiger partial charge in [0.1, 0.15) is 0 Å². The summed E-state index contributed by atoms with van der Waals surface area (Å²) in [5.74, 6) is 3.35. The van der Waals surface area contributed by atoms with Crippen molar-refractivity contribution in [1.29, 1.82) is 0 Å². The molecule has 4 unspecified atom stereocenters. The highest BCUT2D eigenvalue weighted by molar-refractivity contribution is 5.85. The number of rotatable bonds is 3. The fraction of sp³-hybridized carbons (Fsp3) is 0.920. The molecule has 31 heavy (non-hydrogen) atoms. The van der Waals surface area contributed by atoms with Crippen molar-refractivity contribution in [1.82, 2.24) is 20.2 Å². The molecule has 174 valence electrons. The van der Waals surface area contributed by atoms with Crippen molar-refractivity contribution in [2.45, 2.75) is 83.7 Å². The Hall–Kier alpha value is -1.14. The van der Waals surface area contributed by atoms with Crippen molar-refractivity contribution >= 4 is 11.8 Å². The molecule has 5 rings (SSSR count). The van der Waals surface area contributed by atoms with Crippen LogP contribution in [0.15, 0.2) is 0 Å². The zero-order valence-electron chi connectivity index (χ0n) is 19.8. The van der Waals surface area contributed by atoms with Crippen molar-refractivity contribution in [3.05, 3.63) is 0 Å². The quantitative estimate of drug-likeness (QED) is 0.748. The van der Waals surface area contributed by atoms with Gasteiger partial charge in [0.15, 0.2) is 0 Å². The first kappa shape index (κ1) is 21.7. The maximum atomic E-state index is 13.2. The summed E-state index contributed by atoms with van der Waals surface area (Å²) in [5.41, 5.74) is 3.53. The second kappa shape index (κ2) is 8.33. The predicted molar refractivity (Wildman–Crippen MR) is 121 cm³/mol. The van der Waals surface area contributed by atoms with Crippen molar-refractivity contribution in [3.63, 3.8) is 0 Å². The summed E-state index contributed by atoms with van der Waals surface area (Å²) < 4.78 is 0. The maximum Gasteiger partial charge on any atom is 0.228 e. The highest BCUT2D eigenvalue weighted by atomic mass is 16.2. The number of hydrogen-bond acceptors (Lipinski definition) is 4. The van der Waals surface area contributed by atoms with E-state index in [1.165, 1.54) is 32.1 Å². The first-order valence-corrected chi connectivity index (χ1v) is 12.9. The average Bonchev–Trinajstić information content (AvgIpc) is 3.49. The van der Waals surface area contributed by atoms with E-state index >= 15 is 0 Å². The van der Waals surface area contributed by atoms with Gasteiger partial charge in [0, 0.05) is 56.6 Å². The summed E-state index contributed by atoms with van der Waals surface area (Å²) in [4.78, 5) is 29.8. The normalized spacial score (nSPS) is 40.5. The Morgan fingerprint density at radius 3 is 2.13 bits per heavy atom. The average molecular weight is 431 g/mol. The second-order valence-corrected chi connectivity index (χ2v) is 11.6.